The van der Waals surface area contributed by atoms with Crippen LogP contribution in [0.2, 0.25) is 0 Å². The lowest BCUT2D eigenvalue weighted by Crippen LogP contribution is -2.32. The number of carbonyl (C=O) groups is 2. The number of hydrogen-bond donors (Lipinski definition) is 3. The van der Waals surface area contributed by atoms with Crippen molar-refractivity contribution in [1.82, 2.24) is 10.3 Å². The minimum Gasteiger partial charge on any atom is -0.331 e. The van der Waals surface area contributed by atoms with Gasteiger partial charge in [-0.05, 0) is 54.8 Å². The van der Waals surface area contributed by atoms with E-state index >= 15 is 0 Å². The van der Waals surface area contributed by atoms with Crippen molar-refractivity contribution in [3.8, 4) is 0 Å². The number of amides is 3. The fourth-order valence-corrected chi connectivity index (χ4v) is 2.46. The van der Waals surface area contributed by atoms with Crippen LogP contribution in [0.5, 0.6) is 0 Å². The van der Waals surface area contributed by atoms with E-state index in [0.29, 0.717) is 12.1 Å². The predicted molar refractivity (Wildman–Crippen MR) is 99.5 cm³/mol. The minimum atomic E-state index is -0.270. The van der Waals surface area contributed by atoms with Gasteiger partial charge in [0.15, 0.2) is 0 Å². The smallest absolute Gasteiger partial charge is 0.319 e. The molecule has 132 valence electrons. The molecule has 1 aromatic heterocycles. The Morgan fingerprint density at radius 3 is 2.40 bits per heavy atom. The van der Waals surface area contributed by atoms with Crippen LogP contribution in [0.4, 0.5) is 16.2 Å². The summed E-state index contributed by atoms with van der Waals surface area (Å²) in [5.41, 5.74) is 3.33. The number of urea groups is 1. The molecule has 0 fully saturated rings. The molecule has 1 atom stereocenters. The summed E-state index contributed by atoms with van der Waals surface area (Å²) in [5, 5.41) is 8.62. The number of hydrogen-bond acceptors (Lipinski definition) is 3. The highest BCUT2D eigenvalue weighted by Crippen LogP contribution is 2.20. The maximum atomic E-state index is 12.3. The summed E-state index contributed by atoms with van der Waals surface area (Å²) in [6.45, 7) is 5.71. The lowest BCUT2D eigenvalue weighted by Gasteiger charge is -2.18. The number of nitrogens with one attached hydrogen (secondary N) is 3. The van der Waals surface area contributed by atoms with Crippen molar-refractivity contribution in [2.75, 3.05) is 10.6 Å². The topological polar surface area (TPSA) is 83.1 Å². The van der Waals surface area contributed by atoms with Crippen LogP contribution in [0, 0.1) is 6.92 Å². The molecule has 0 radical (unpaired) electrons. The molecule has 6 heteroatoms. The molecule has 1 heterocycles. The third-order valence-electron chi connectivity index (χ3n) is 3.90. The van der Waals surface area contributed by atoms with Gasteiger partial charge in [-0.2, -0.15) is 0 Å². The van der Waals surface area contributed by atoms with E-state index in [1.807, 2.05) is 32.0 Å². The standard InChI is InChI=1S/C19H24N4O2/c1-4-16(14-8-10-20-11-9-14)23-19(25)21-15-6-7-17(13(3)12-15)22-18(24)5-2/h6-12,16H,4-5H2,1-3H3,(H,22,24)(H2,21,23,25)/t16-/m1/s1. The highest BCUT2D eigenvalue weighted by molar-refractivity contribution is 5.93. The molecule has 2 aromatic rings. The summed E-state index contributed by atoms with van der Waals surface area (Å²) < 4.78 is 0. The molecular weight excluding hydrogens is 316 g/mol. The molecule has 0 aliphatic carbocycles. The first-order chi connectivity index (χ1) is 12.0. The summed E-state index contributed by atoms with van der Waals surface area (Å²) in [4.78, 5) is 27.8. The summed E-state index contributed by atoms with van der Waals surface area (Å²) in [7, 11) is 0. The normalized spacial score (nSPS) is 11.5. The number of nitrogens with zero attached hydrogens (tertiary/aromatic N) is 1. The van der Waals surface area contributed by atoms with Gasteiger partial charge in [-0.25, -0.2) is 4.79 Å². The van der Waals surface area contributed by atoms with E-state index in [1.165, 1.54) is 0 Å². The maximum Gasteiger partial charge on any atom is 0.319 e. The van der Waals surface area contributed by atoms with Gasteiger partial charge in [-0.3, -0.25) is 9.78 Å². The Hall–Kier alpha value is -2.89. The second-order valence-electron chi connectivity index (χ2n) is 5.77. The van der Waals surface area contributed by atoms with Gasteiger partial charge >= 0.3 is 6.03 Å². The van der Waals surface area contributed by atoms with Crippen LogP contribution >= 0.6 is 0 Å². The Balaban J connectivity index is 2.00. The van der Waals surface area contributed by atoms with Gasteiger partial charge in [0.05, 0.1) is 6.04 Å². The molecule has 0 spiro atoms. The SMILES string of the molecule is CCC(=O)Nc1ccc(NC(=O)N[C@H](CC)c2ccncc2)cc1C. The number of pyridine rings is 1. The fraction of sp³-hybridized carbons (Fsp3) is 0.316. The zero-order valence-corrected chi connectivity index (χ0v) is 14.8. The van der Waals surface area contributed by atoms with Crippen molar-refractivity contribution < 1.29 is 9.59 Å². The van der Waals surface area contributed by atoms with Crippen LogP contribution in [0.25, 0.3) is 0 Å². The van der Waals surface area contributed by atoms with Gasteiger partial charge in [0.25, 0.3) is 0 Å². The van der Waals surface area contributed by atoms with Gasteiger partial charge < -0.3 is 16.0 Å². The van der Waals surface area contributed by atoms with Crippen molar-refractivity contribution in [2.45, 2.75) is 39.7 Å². The molecule has 25 heavy (non-hydrogen) atoms. The van der Waals surface area contributed by atoms with E-state index < -0.39 is 0 Å². The molecule has 0 saturated carbocycles. The number of rotatable bonds is 6. The molecule has 3 N–H and O–H groups in total. The van der Waals surface area contributed by atoms with E-state index in [-0.39, 0.29) is 18.0 Å². The van der Waals surface area contributed by atoms with Crippen LogP contribution in [0.15, 0.2) is 42.7 Å². The monoisotopic (exact) mass is 340 g/mol. The van der Waals surface area contributed by atoms with Crippen LogP contribution in [-0.2, 0) is 4.79 Å². The Morgan fingerprint density at radius 1 is 1.08 bits per heavy atom. The number of aromatic nitrogens is 1. The van der Waals surface area contributed by atoms with E-state index in [1.54, 1.807) is 31.5 Å². The van der Waals surface area contributed by atoms with Crippen LogP contribution < -0.4 is 16.0 Å². The first-order valence-electron chi connectivity index (χ1n) is 8.41. The molecule has 3 amide bonds. The summed E-state index contributed by atoms with van der Waals surface area (Å²) >= 11 is 0. The van der Waals surface area contributed by atoms with E-state index in [2.05, 4.69) is 20.9 Å². The maximum absolute atomic E-state index is 12.3. The molecule has 0 saturated heterocycles. The number of carbonyl (C=O) groups excluding carboxylic acids is 2. The molecule has 0 bridgehead atoms. The molecular formula is C19H24N4O2. The molecule has 6 nitrogen and oxygen atoms in total. The lowest BCUT2D eigenvalue weighted by atomic mass is 10.1. The zero-order chi connectivity index (χ0) is 18.2. The lowest BCUT2D eigenvalue weighted by molar-refractivity contribution is -0.115. The number of anilines is 2. The number of benzene rings is 1. The van der Waals surface area contributed by atoms with Crippen LogP contribution in [0.1, 0.15) is 43.9 Å². The van der Waals surface area contributed by atoms with Crippen molar-refractivity contribution >= 4 is 23.3 Å². The first kappa shape index (κ1) is 18.4. The van der Waals surface area contributed by atoms with Crippen LogP contribution in [0.3, 0.4) is 0 Å². The number of aryl methyl sites for hydroxylation is 1. The largest absolute Gasteiger partial charge is 0.331 e. The zero-order valence-electron chi connectivity index (χ0n) is 14.8. The third-order valence-corrected chi connectivity index (χ3v) is 3.90. The van der Waals surface area contributed by atoms with Gasteiger partial charge in [0.2, 0.25) is 5.91 Å². The second kappa shape index (κ2) is 8.82. The van der Waals surface area contributed by atoms with Gasteiger partial charge in [-0.15, -0.1) is 0 Å². The summed E-state index contributed by atoms with van der Waals surface area (Å²) in [5.74, 6) is -0.0373. The predicted octanol–water partition coefficient (Wildman–Crippen LogP) is 4.01. The van der Waals surface area contributed by atoms with E-state index in [9.17, 15) is 9.59 Å². The highest BCUT2D eigenvalue weighted by Gasteiger charge is 2.13. The van der Waals surface area contributed by atoms with Crippen molar-refractivity contribution in [1.29, 1.82) is 0 Å². The second-order valence-corrected chi connectivity index (χ2v) is 5.77. The average Bonchev–Trinajstić information content (AvgIpc) is 2.62. The Labute approximate surface area is 148 Å². The third kappa shape index (κ3) is 5.31. The van der Waals surface area contributed by atoms with Crippen molar-refractivity contribution in [2.24, 2.45) is 0 Å². The van der Waals surface area contributed by atoms with Gasteiger partial charge in [0.1, 0.15) is 0 Å². The molecule has 0 aliphatic rings. The molecule has 0 aliphatic heterocycles. The highest BCUT2D eigenvalue weighted by atomic mass is 16.2. The molecule has 1 aromatic carbocycles. The Morgan fingerprint density at radius 2 is 1.80 bits per heavy atom. The van der Waals surface area contributed by atoms with Gasteiger partial charge in [-0.1, -0.05) is 13.8 Å². The Kier molecular flexibility index (Phi) is 6.51. The van der Waals surface area contributed by atoms with E-state index in [0.717, 1.165) is 23.2 Å². The van der Waals surface area contributed by atoms with E-state index in [4.69, 9.17) is 0 Å². The minimum absolute atomic E-state index is 0.0373. The summed E-state index contributed by atoms with van der Waals surface area (Å²) in [6.07, 6.45) is 4.63. The van der Waals surface area contributed by atoms with Crippen LogP contribution in [-0.4, -0.2) is 16.9 Å². The summed E-state index contributed by atoms with van der Waals surface area (Å²) in [6, 6.07) is 8.83. The fourth-order valence-electron chi connectivity index (χ4n) is 2.46. The average molecular weight is 340 g/mol. The van der Waals surface area contributed by atoms with Crippen molar-refractivity contribution in [3.05, 3.63) is 53.9 Å². The first-order valence-corrected chi connectivity index (χ1v) is 8.41. The molecule has 0 unspecified atom stereocenters. The Bertz CT molecular complexity index is 731. The quantitative estimate of drug-likeness (QED) is 0.743. The molecule has 2 rings (SSSR count). The van der Waals surface area contributed by atoms with Gasteiger partial charge in [0, 0.05) is 30.2 Å². The van der Waals surface area contributed by atoms with Crippen molar-refractivity contribution in [3.63, 3.8) is 0 Å².